The van der Waals surface area contributed by atoms with E-state index in [1.54, 1.807) is 11.8 Å². The molecular formula is C46H46N4S. The van der Waals surface area contributed by atoms with Crippen LogP contribution in [0.5, 0.6) is 0 Å². The average molecular weight is 687 g/mol. The van der Waals surface area contributed by atoms with Gasteiger partial charge in [0.05, 0.1) is 34.2 Å². The van der Waals surface area contributed by atoms with Gasteiger partial charge >= 0.3 is 0 Å². The first-order valence-electron chi connectivity index (χ1n) is 17.7. The van der Waals surface area contributed by atoms with Crippen molar-refractivity contribution in [1.82, 2.24) is 19.9 Å². The minimum atomic E-state index is 0.844. The Morgan fingerprint density at radius 3 is 1.94 bits per heavy atom. The molecule has 0 fully saturated rings. The van der Waals surface area contributed by atoms with E-state index in [1.807, 2.05) is 60.9 Å². The summed E-state index contributed by atoms with van der Waals surface area (Å²) in [5.41, 5.74) is 17.7. The zero-order valence-corrected chi connectivity index (χ0v) is 31.6. The third-order valence-corrected chi connectivity index (χ3v) is 10.3. The maximum absolute atomic E-state index is 5.30. The Bertz CT molecular complexity index is 2200. The van der Waals surface area contributed by atoms with Crippen molar-refractivity contribution < 1.29 is 0 Å². The number of nitrogens with zero attached hydrogens (tertiary/aromatic N) is 4. The van der Waals surface area contributed by atoms with Gasteiger partial charge < -0.3 is 0 Å². The van der Waals surface area contributed by atoms with Crippen LogP contribution >= 0.6 is 11.8 Å². The van der Waals surface area contributed by atoms with Gasteiger partial charge in [-0.1, -0.05) is 73.5 Å². The standard InChI is InChI=1S/C46H46N4S/c1-8-9-16-35-29-37(33(5)28-31(35)3)45(46(51-7)43-22-15-21-42(50-43)40-18-11-13-26-48-40)44(36-24-23-30(2)27-32(36)4)34(6)38-19-14-20-41(49-38)39-17-10-12-25-47-39/h10-28H,8-9,29H2,1-7H3/b35-16-,44-34+,46-45-. The Hall–Kier alpha value is -5.13. The van der Waals surface area contributed by atoms with Gasteiger partial charge in [0.1, 0.15) is 0 Å². The predicted octanol–water partition coefficient (Wildman–Crippen LogP) is 12.3. The molecule has 51 heavy (non-hydrogen) atoms. The van der Waals surface area contributed by atoms with Gasteiger partial charge in [-0.3, -0.25) is 9.97 Å². The fourth-order valence-corrected chi connectivity index (χ4v) is 7.56. The van der Waals surface area contributed by atoms with E-state index in [1.165, 1.54) is 50.1 Å². The Morgan fingerprint density at radius 2 is 1.35 bits per heavy atom. The molecule has 1 aliphatic carbocycles. The van der Waals surface area contributed by atoms with E-state index in [4.69, 9.17) is 9.97 Å². The molecule has 0 spiro atoms. The molecule has 4 heterocycles. The Balaban J connectivity index is 1.71. The Morgan fingerprint density at radius 1 is 0.725 bits per heavy atom. The number of benzene rings is 1. The lowest BCUT2D eigenvalue weighted by atomic mass is 9.78. The van der Waals surface area contributed by atoms with E-state index in [9.17, 15) is 0 Å². The van der Waals surface area contributed by atoms with Gasteiger partial charge in [0, 0.05) is 22.9 Å². The summed E-state index contributed by atoms with van der Waals surface area (Å²) < 4.78 is 0. The molecule has 4 aromatic heterocycles. The van der Waals surface area contributed by atoms with Crippen LogP contribution < -0.4 is 0 Å². The maximum atomic E-state index is 5.30. The van der Waals surface area contributed by atoms with Gasteiger partial charge in [-0.25, -0.2) is 9.97 Å². The molecule has 0 atom stereocenters. The molecular weight excluding hydrogens is 641 g/mol. The Labute approximate surface area is 308 Å². The van der Waals surface area contributed by atoms with Crippen LogP contribution in [0.4, 0.5) is 0 Å². The van der Waals surface area contributed by atoms with Crippen molar-refractivity contribution in [2.24, 2.45) is 0 Å². The molecule has 1 aromatic carbocycles. The molecule has 0 aliphatic heterocycles. The van der Waals surface area contributed by atoms with Crippen LogP contribution in [0.25, 0.3) is 38.8 Å². The molecule has 1 aliphatic rings. The second-order valence-electron chi connectivity index (χ2n) is 13.2. The lowest BCUT2D eigenvalue weighted by Crippen LogP contribution is -2.09. The summed E-state index contributed by atoms with van der Waals surface area (Å²) in [7, 11) is 0. The van der Waals surface area contributed by atoms with Crippen molar-refractivity contribution in [3.63, 3.8) is 0 Å². The van der Waals surface area contributed by atoms with E-state index in [2.05, 4.69) is 112 Å². The highest BCUT2D eigenvalue weighted by atomic mass is 32.2. The first-order valence-corrected chi connectivity index (χ1v) is 18.9. The van der Waals surface area contributed by atoms with Crippen LogP contribution in [0.15, 0.2) is 143 Å². The summed E-state index contributed by atoms with van der Waals surface area (Å²) in [6.07, 6.45) is 13.6. The van der Waals surface area contributed by atoms with Crippen LogP contribution in [0, 0.1) is 13.8 Å². The zero-order valence-electron chi connectivity index (χ0n) is 30.8. The molecule has 0 N–H and O–H groups in total. The lowest BCUT2D eigenvalue weighted by Gasteiger charge is -2.28. The van der Waals surface area contributed by atoms with Gasteiger partial charge in [-0.05, 0) is 147 Å². The van der Waals surface area contributed by atoms with E-state index >= 15 is 0 Å². The van der Waals surface area contributed by atoms with Crippen molar-refractivity contribution in [2.75, 3.05) is 6.26 Å². The SMILES string of the molecule is CCC/C=C1/CC(C(=C(/SC)c2cccc(-c3ccccn3)n2)/C(=C(\C)c2cccc(-c3ccccn3)n2)c2ccc(C)cc2C)=C(C)C=C1C. The van der Waals surface area contributed by atoms with Crippen molar-refractivity contribution >= 4 is 27.8 Å². The number of allylic oxidation sites excluding steroid dienone is 9. The van der Waals surface area contributed by atoms with Crippen molar-refractivity contribution in [3.8, 4) is 22.8 Å². The summed E-state index contributed by atoms with van der Waals surface area (Å²) in [6, 6.07) is 31.3. The van der Waals surface area contributed by atoms with Gasteiger partial charge in [-0.15, -0.1) is 11.8 Å². The van der Waals surface area contributed by atoms with Gasteiger partial charge in [0.25, 0.3) is 0 Å². The highest BCUT2D eigenvalue weighted by Crippen LogP contribution is 2.48. The fourth-order valence-electron chi connectivity index (χ4n) is 6.81. The molecule has 0 bridgehead atoms. The topological polar surface area (TPSA) is 51.6 Å². The van der Waals surface area contributed by atoms with Crippen molar-refractivity contribution in [1.29, 1.82) is 0 Å². The first kappa shape index (κ1) is 35.7. The number of aryl methyl sites for hydroxylation is 2. The zero-order chi connectivity index (χ0) is 35.9. The average Bonchev–Trinajstić information content (AvgIpc) is 3.16. The number of pyridine rings is 4. The lowest BCUT2D eigenvalue weighted by molar-refractivity contribution is 0.935. The van der Waals surface area contributed by atoms with E-state index in [0.717, 1.165) is 63.9 Å². The van der Waals surface area contributed by atoms with Crippen LogP contribution in [0.3, 0.4) is 0 Å². The van der Waals surface area contributed by atoms with Crippen LogP contribution in [0.1, 0.15) is 75.0 Å². The number of rotatable bonds is 10. The molecule has 0 unspecified atom stereocenters. The number of unbranched alkanes of at least 4 members (excludes halogenated alkanes) is 1. The number of thioether (sulfide) groups is 1. The van der Waals surface area contributed by atoms with Crippen LogP contribution in [-0.4, -0.2) is 26.2 Å². The molecule has 6 rings (SSSR count). The summed E-state index contributed by atoms with van der Waals surface area (Å²) in [5, 5.41) is 0. The highest BCUT2D eigenvalue weighted by Gasteiger charge is 2.27. The minimum Gasteiger partial charge on any atom is -0.255 e. The van der Waals surface area contributed by atoms with E-state index in [0.29, 0.717) is 0 Å². The second kappa shape index (κ2) is 16.3. The van der Waals surface area contributed by atoms with Crippen LogP contribution in [0.2, 0.25) is 0 Å². The first-order chi connectivity index (χ1) is 24.8. The minimum absolute atomic E-state index is 0.844. The van der Waals surface area contributed by atoms with Gasteiger partial charge in [-0.2, -0.15) is 0 Å². The largest absolute Gasteiger partial charge is 0.255 e. The van der Waals surface area contributed by atoms with E-state index in [-0.39, 0.29) is 0 Å². The molecule has 256 valence electrons. The molecule has 0 saturated heterocycles. The van der Waals surface area contributed by atoms with Crippen molar-refractivity contribution in [3.05, 3.63) is 171 Å². The number of hydrogen-bond donors (Lipinski definition) is 0. The van der Waals surface area contributed by atoms with Gasteiger partial charge in [0.15, 0.2) is 0 Å². The third kappa shape index (κ3) is 7.95. The molecule has 0 amide bonds. The van der Waals surface area contributed by atoms with Gasteiger partial charge in [0.2, 0.25) is 0 Å². The summed E-state index contributed by atoms with van der Waals surface area (Å²) in [4.78, 5) is 20.9. The number of aromatic nitrogens is 4. The summed E-state index contributed by atoms with van der Waals surface area (Å²) in [5.74, 6) is 0. The second-order valence-corrected chi connectivity index (χ2v) is 14.0. The quantitative estimate of drug-likeness (QED) is 0.137. The smallest absolute Gasteiger partial charge is 0.0893 e. The molecule has 5 aromatic rings. The maximum Gasteiger partial charge on any atom is 0.0893 e. The predicted molar refractivity (Wildman–Crippen MR) is 218 cm³/mol. The molecule has 4 nitrogen and oxygen atoms in total. The van der Waals surface area contributed by atoms with Crippen LogP contribution in [-0.2, 0) is 0 Å². The fraction of sp³-hybridized carbons (Fsp3) is 0.217. The molecule has 5 heteroatoms. The monoisotopic (exact) mass is 686 g/mol. The Kier molecular flexibility index (Phi) is 11.4. The number of hydrogen-bond acceptors (Lipinski definition) is 5. The molecule has 0 radical (unpaired) electrons. The third-order valence-electron chi connectivity index (χ3n) is 9.44. The molecule has 0 saturated carbocycles. The summed E-state index contributed by atoms with van der Waals surface area (Å²) >= 11 is 1.75. The highest BCUT2D eigenvalue weighted by molar-refractivity contribution is 8.07. The normalized spacial score (nSPS) is 15.0. The summed E-state index contributed by atoms with van der Waals surface area (Å²) in [6.45, 7) is 13.4. The van der Waals surface area contributed by atoms with E-state index < -0.39 is 0 Å². The van der Waals surface area contributed by atoms with Crippen molar-refractivity contribution in [2.45, 2.75) is 60.8 Å².